The Hall–Kier alpha value is -2.38. The fourth-order valence-electron chi connectivity index (χ4n) is 9.16. The maximum absolute atomic E-state index is 6.41. The zero-order valence-corrected chi connectivity index (χ0v) is 35.8. The Morgan fingerprint density at radius 1 is 0.686 bits per heavy atom. The largest absolute Gasteiger partial charge is 0.147 e. The summed E-state index contributed by atoms with van der Waals surface area (Å²) in [5.41, 5.74) is 17.0. The van der Waals surface area contributed by atoms with Gasteiger partial charge in [-0.1, -0.05) is 0 Å². The molecule has 0 spiro atoms. The third-order valence-corrected chi connectivity index (χ3v) is 24.8. The summed E-state index contributed by atoms with van der Waals surface area (Å²) in [4.78, 5) is 0. The number of hydrogen-bond donors (Lipinski definition) is 0. The molecule has 4 aromatic carbocycles. The molecule has 4 aliphatic carbocycles. The first-order valence-electron chi connectivity index (χ1n) is 17.7. The smallest absolute Gasteiger partial charge is 0.147 e. The van der Waals surface area contributed by atoms with Crippen LogP contribution < -0.4 is 0 Å². The molecule has 4 aromatic rings. The van der Waals surface area contributed by atoms with Crippen molar-refractivity contribution in [2.75, 3.05) is 0 Å². The van der Waals surface area contributed by atoms with E-state index in [1.165, 1.54) is 66.8 Å². The number of rotatable bonds is 4. The zero-order chi connectivity index (χ0) is 34.3. The van der Waals surface area contributed by atoms with Gasteiger partial charge in [-0.25, -0.2) is 0 Å². The molecule has 51 heavy (non-hydrogen) atoms. The molecule has 0 saturated carbocycles. The normalized spacial score (nSPS) is 18.5. The number of allylic oxidation sites excluding steroid dienone is 8. The number of hydrogen-bond acceptors (Lipinski definition) is 0. The van der Waals surface area contributed by atoms with Crippen LogP contribution in [0.1, 0.15) is 98.9 Å². The summed E-state index contributed by atoms with van der Waals surface area (Å²) in [6.45, 7) is 14.5. The second-order valence-corrected chi connectivity index (χ2v) is 25.9. The van der Waals surface area contributed by atoms with E-state index in [1.807, 2.05) is 24.3 Å². The Bertz CT molecular complexity index is 2240. The fourth-order valence-corrected chi connectivity index (χ4v) is 22.8. The average Bonchev–Trinajstić information content (AvgIpc) is 3.74. The summed E-state index contributed by atoms with van der Waals surface area (Å²) >= 11 is 9.14. The minimum atomic E-state index is -3.68. The maximum Gasteiger partial charge on any atom is -0.147 e. The minimum absolute atomic E-state index is 0. The van der Waals surface area contributed by atoms with Gasteiger partial charge in [-0.3, -0.25) is 0 Å². The molecular weight excluding hydrogens is 786 g/mol. The zero-order valence-electron chi connectivity index (χ0n) is 30.2. The molecule has 0 amide bonds. The van der Waals surface area contributed by atoms with E-state index in [0.717, 1.165) is 29.3 Å². The molecule has 0 fully saturated rings. The van der Waals surface area contributed by atoms with Gasteiger partial charge in [0.2, 0.25) is 0 Å². The Balaban J connectivity index is 0.00000224. The maximum atomic E-state index is 6.41. The molecular formula is C46H46Cl4Zr. The van der Waals surface area contributed by atoms with Crippen LogP contribution >= 0.6 is 48.0 Å². The molecule has 5 heteroatoms. The molecule has 8 rings (SSSR count). The standard InChI is InChI=1S/C27H29.2C7H5Cl.C5H5.2ClH.Zr/c1-16-7-9-26(3,4)24-12-18-11-19-13-25-21(17(2)8-10-27(25,5)6)15-23(19)22(18)14-20(16)24;2*1-6-2-4-7(8)5-3-6;1-2-4-5-3-1;;;/h7-9,12-15H,10-11H2,1-6H3;2*1-5H;1-3H,4H2;2*1H;. The van der Waals surface area contributed by atoms with E-state index in [9.17, 15) is 0 Å². The molecule has 0 aliphatic heterocycles. The Morgan fingerprint density at radius 3 is 1.75 bits per heavy atom. The quantitative estimate of drug-likeness (QED) is 0.169. The fraction of sp³-hybridized carbons (Fsp3) is 0.261. The molecule has 0 aromatic heterocycles. The van der Waals surface area contributed by atoms with Gasteiger partial charge in [0.05, 0.1) is 0 Å². The summed E-state index contributed by atoms with van der Waals surface area (Å²) < 4.78 is 7.36. The summed E-state index contributed by atoms with van der Waals surface area (Å²) in [7, 11) is 0. The summed E-state index contributed by atoms with van der Waals surface area (Å²) in [5, 5.41) is 1.55. The van der Waals surface area contributed by atoms with Crippen molar-refractivity contribution in [1.29, 1.82) is 0 Å². The van der Waals surface area contributed by atoms with E-state index >= 15 is 0 Å². The minimum Gasteiger partial charge on any atom is -0.147 e. The van der Waals surface area contributed by atoms with E-state index in [0.29, 0.717) is 3.63 Å². The van der Waals surface area contributed by atoms with Crippen LogP contribution in [-0.4, -0.2) is 7.42 Å². The van der Waals surface area contributed by atoms with Crippen LogP contribution in [0, 0.1) is 0 Å². The molecule has 0 nitrogen and oxygen atoms in total. The van der Waals surface area contributed by atoms with Gasteiger partial charge >= 0.3 is 308 Å². The molecule has 0 heterocycles. The SMILES string of the molecule is CC1=CCC(C)(C)c2cc3c(cc21)-c1cc2c(cc1C3)C(C)(C)[CH]([Zr](=[CH]c1ccc(Cl)cc1)(=[CH]c1ccc(Cl)cc1)[C]1=CC=CC1)C=C2C.Cl.Cl. The van der Waals surface area contributed by atoms with Gasteiger partial charge in [0.25, 0.3) is 0 Å². The van der Waals surface area contributed by atoms with E-state index in [4.69, 9.17) is 23.2 Å². The number of fused-ring (bicyclic) bond motifs is 5. The summed E-state index contributed by atoms with van der Waals surface area (Å²) in [6.07, 6.45) is 15.3. The third kappa shape index (κ3) is 6.59. The van der Waals surface area contributed by atoms with Crippen molar-refractivity contribution in [2.24, 2.45) is 0 Å². The van der Waals surface area contributed by atoms with E-state index in [1.54, 1.807) is 3.28 Å². The molecule has 4 aliphatic rings. The summed E-state index contributed by atoms with van der Waals surface area (Å²) in [6, 6.07) is 27.1. The Morgan fingerprint density at radius 2 is 1.22 bits per heavy atom. The van der Waals surface area contributed by atoms with Gasteiger partial charge in [-0.05, 0) is 0 Å². The monoisotopic (exact) mass is 828 g/mol. The summed E-state index contributed by atoms with van der Waals surface area (Å²) in [5.74, 6) is 0. The Kier molecular flexibility index (Phi) is 10.6. The van der Waals surface area contributed by atoms with E-state index < -0.39 is 19.3 Å². The van der Waals surface area contributed by atoms with Crippen LogP contribution in [0.5, 0.6) is 0 Å². The second kappa shape index (κ2) is 14.1. The van der Waals surface area contributed by atoms with E-state index in [2.05, 4.69) is 128 Å². The Labute approximate surface area is 330 Å². The molecule has 0 N–H and O–H groups in total. The van der Waals surface area contributed by atoms with E-state index in [-0.39, 0.29) is 35.6 Å². The first kappa shape index (κ1) is 38.4. The van der Waals surface area contributed by atoms with Crippen LogP contribution in [0.3, 0.4) is 0 Å². The van der Waals surface area contributed by atoms with Crippen molar-refractivity contribution in [3.63, 3.8) is 0 Å². The molecule has 0 bridgehead atoms. The number of benzene rings is 4. The van der Waals surface area contributed by atoms with Gasteiger partial charge in [-0.15, -0.1) is 24.8 Å². The van der Waals surface area contributed by atoms with Gasteiger partial charge < -0.3 is 0 Å². The van der Waals surface area contributed by atoms with Gasteiger partial charge in [0.15, 0.2) is 0 Å². The van der Waals surface area contributed by atoms with Crippen LogP contribution in [0.4, 0.5) is 0 Å². The third-order valence-electron chi connectivity index (χ3n) is 11.9. The topological polar surface area (TPSA) is 0 Å². The van der Waals surface area contributed by atoms with Crippen molar-refractivity contribution >= 4 is 66.6 Å². The second-order valence-electron chi connectivity index (χ2n) is 16.0. The van der Waals surface area contributed by atoms with Crippen LogP contribution in [0.25, 0.3) is 22.3 Å². The van der Waals surface area contributed by atoms with Gasteiger partial charge in [-0.2, -0.15) is 0 Å². The van der Waals surface area contributed by atoms with Crippen molar-refractivity contribution in [3.8, 4) is 11.1 Å². The average molecular weight is 832 g/mol. The van der Waals surface area contributed by atoms with Gasteiger partial charge in [0, 0.05) is 0 Å². The van der Waals surface area contributed by atoms with Crippen molar-refractivity contribution in [3.05, 3.63) is 161 Å². The molecule has 0 saturated heterocycles. The van der Waals surface area contributed by atoms with Gasteiger partial charge in [0.1, 0.15) is 0 Å². The van der Waals surface area contributed by atoms with Crippen LogP contribution in [0.2, 0.25) is 13.7 Å². The first-order valence-corrected chi connectivity index (χ1v) is 23.9. The number of halogens is 4. The molecule has 1 atom stereocenters. The molecule has 0 radical (unpaired) electrons. The van der Waals surface area contributed by atoms with Crippen LogP contribution in [-0.2, 0) is 36.5 Å². The van der Waals surface area contributed by atoms with Crippen molar-refractivity contribution < 1.29 is 19.3 Å². The first-order chi connectivity index (χ1) is 23.4. The predicted octanol–water partition coefficient (Wildman–Crippen LogP) is 13.7. The molecule has 262 valence electrons. The van der Waals surface area contributed by atoms with Crippen molar-refractivity contribution in [1.82, 2.24) is 0 Å². The van der Waals surface area contributed by atoms with Crippen molar-refractivity contribution in [2.45, 2.75) is 75.3 Å². The predicted molar refractivity (Wildman–Crippen MR) is 226 cm³/mol. The van der Waals surface area contributed by atoms with Crippen LogP contribution in [0.15, 0.2) is 106 Å². The molecule has 1 unspecified atom stereocenters.